The summed E-state index contributed by atoms with van der Waals surface area (Å²) in [5.74, 6) is 0. The summed E-state index contributed by atoms with van der Waals surface area (Å²) in [5.41, 5.74) is 4.46. The van der Waals surface area contributed by atoms with E-state index in [4.69, 9.17) is 0 Å². The van der Waals surface area contributed by atoms with Crippen LogP contribution >= 0.6 is 0 Å². The van der Waals surface area contributed by atoms with Gasteiger partial charge in [-0.15, -0.1) is 0 Å². The first-order valence-electron chi connectivity index (χ1n) is 8.50. The molecular weight excluding hydrogens is 320 g/mol. The van der Waals surface area contributed by atoms with Gasteiger partial charge in [0.05, 0.1) is 29.6 Å². The first-order chi connectivity index (χ1) is 11.4. The minimum Gasteiger partial charge on any atom is -1.00 e. The Bertz CT molecular complexity index is 778. The van der Waals surface area contributed by atoms with Gasteiger partial charge in [0.1, 0.15) is 0 Å². The Kier molecular flexibility index (Phi) is 5.36. The molecule has 0 saturated heterocycles. The van der Waals surface area contributed by atoms with Crippen LogP contribution in [0.2, 0.25) is 0 Å². The number of hydrogen-bond donors (Lipinski definition) is 1. The average Bonchev–Trinajstić information content (AvgIpc) is 3.05. The maximum atomic E-state index is 4.62. The van der Waals surface area contributed by atoms with Crippen molar-refractivity contribution in [2.75, 3.05) is 5.32 Å². The van der Waals surface area contributed by atoms with Gasteiger partial charge in [0.15, 0.2) is 0 Å². The van der Waals surface area contributed by atoms with Gasteiger partial charge in [0.25, 0.3) is 0 Å². The van der Waals surface area contributed by atoms with Crippen molar-refractivity contribution in [2.45, 2.75) is 44.7 Å². The van der Waals surface area contributed by atoms with Gasteiger partial charge in [0, 0.05) is 17.9 Å². The molecule has 0 atom stereocenters. The summed E-state index contributed by atoms with van der Waals surface area (Å²) in [4.78, 5) is 8.96. The molecule has 0 bridgehead atoms. The summed E-state index contributed by atoms with van der Waals surface area (Å²) in [6.07, 6.45) is 10.5. The lowest BCUT2D eigenvalue weighted by Gasteiger charge is -2.23. The van der Waals surface area contributed by atoms with Gasteiger partial charge in [-0.3, -0.25) is 4.98 Å². The van der Waals surface area contributed by atoms with Crippen LogP contribution in [0.5, 0.6) is 0 Å². The molecule has 24 heavy (non-hydrogen) atoms. The van der Waals surface area contributed by atoms with E-state index in [1.54, 1.807) is 0 Å². The van der Waals surface area contributed by atoms with E-state index in [1.807, 2.05) is 30.7 Å². The molecule has 5 heteroatoms. The topological polar surface area (TPSA) is 42.7 Å². The molecule has 4 nitrogen and oxygen atoms in total. The van der Waals surface area contributed by atoms with Crippen LogP contribution < -0.4 is 17.7 Å². The molecular formula is C19H22ClN4-. The van der Waals surface area contributed by atoms with E-state index in [0.717, 1.165) is 23.4 Å². The van der Waals surface area contributed by atoms with Crippen LogP contribution in [-0.4, -0.2) is 14.5 Å². The Morgan fingerprint density at radius 2 is 1.92 bits per heavy atom. The van der Waals surface area contributed by atoms with Crippen molar-refractivity contribution < 1.29 is 12.4 Å². The first-order valence-corrected chi connectivity index (χ1v) is 8.50. The summed E-state index contributed by atoms with van der Waals surface area (Å²) >= 11 is 0. The second-order valence-corrected chi connectivity index (χ2v) is 6.32. The van der Waals surface area contributed by atoms with E-state index in [1.165, 1.54) is 37.6 Å². The van der Waals surface area contributed by atoms with Crippen molar-refractivity contribution in [3.05, 3.63) is 54.6 Å². The number of nitrogens with one attached hydrogen (secondary N) is 1. The summed E-state index contributed by atoms with van der Waals surface area (Å²) in [7, 11) is 0. The van der Waals surface area contributed by atoms with Crippen molar-refractivity contribution >= 4 is 16.7 Å². The van der Waals surface area contributed by atoms with Crippen LogP contribution in [0.25, 0.3) is 11.0 Å². The zero-order chi connectivity index (χ0) is 15.5. The predicted molar refractivity (Wildman–Crippen MR) is 93.4 cm³/mol. The highest BCUT2D eigenvalue weighted by atomic mass is 35.5. The zero-order valence-electron chi connectivity index (χ0n) is 13.7. The van der Waals surface area contributed by atoms with Gasteiger partial charge < -0.3 is 22.3 Å². The van der Waals surface area contributed by atoms with Crippen LogP contribution in [0.15, 0.2) is 48.9 Å². The maximum Gasteiger partial charge on any atom is 0.0960 e. The minimum atomic E-state index is 0. The highest BCUT2D eigenvalue weighted by molar-refractivity contribution is 5.79. The second kappa shape index (κ2) is 7.67. The standard InChI is InChI=1S/C19H22N4.ClH/c1-2-7-17(8-3-1)23-14-22-18-12-15(9-10-19(18)23)21-13-16-6-4-5-11-20-16;/h4-6,9-12,14,17,21H,1-3,7-8,13H2;1H/p-1. The Morgan fingerprint density at radius 1 is 1.04 bits per heavy atom. The molecule has 1 fully saturated rings. The average molecular weight is 342 g/mol. The Balaban J connectivity index is 0.00000169. The van der Waals surface area contributed by atoms with E-state index in [9.17, 15) is 0 Å². The third-order valence-corrected chi connectivity index (χ3v) is 4.74. The van der Waals surface area contributed by atoms with Gasteiger partial charge >= 0.3 is 0 Å². The van der Waals surface area contributed by atoms with Crippen molar-refractivity contribution in [3.63, 3.8) is 0 Å². The summed E-state index contributed by atoms with van der Waals surface area (Å²) in [6.45, 7) is 0.732. The number of imidazole rings is 1. The maximum absolute atomic E-state index is 4.62. The molecule has 4 rings (SSSR count). The molecule has 1 aromatic carbocycles. The lowest BCUT2D eigenvalue weighted by atomic mass is 9.95. The monoisotopic (exact) mass is 341 g/mol. The fraction of sp³-hybridized carbons (Fsp3) is 0.368. The molecule has 1 saturated carbocycles. The molecule has 1 aliphatic rings. The first kappa shape index (κ1) is 16.8. The zero-order valence-corrected chi connectivity index (χ0v) is 14.4. The molecule has 1 aliphatic carbocycles. The number of hydrogen-bond acceptors (Lipinski definition) is 3. The third kappa shape index (κ3) is 3.54. The smallest absolute Gasteiger partial charge is 0.0960 e. The summed E-state index contributed by atoms with van der Waals surface area (Å²) in [6, 6.07) is 13.1. The lowest BCUT2D eigenvalue weighted by molar-refractivity contribution is -0.00000482. The number of halogens is 1. The number of benzene rings is 1. The van der Waals surface area contributed by atoms with E-state index < -0.39 is 0 Å². The number of anilines is 1. The number of aromatic nitrogens is 3. The van der Waals surface area contributed by atoms with Crippen LogP contribution in [0.1, 0.15) is 43.8 Å². The van der Waals surface area contributed by atoms with Crippen molar-refractivity contribution in [1.82, 2.24) is 14.5 Å². The van der Waals surface area contributed by atoms with Gasteiger partial charge in [-0.25, -0.2) is 4.98 Å². The quantitative estimate of drug-likeness (QED) is 0.783. The van der Waals surface area contributed by atoms with Crippen LogP contribution in [0.4, 0.5) is 5.69 Å². The summed E-state index contributed by atoms with van der Waals surface area (Å²) < 4.78 is 2.37. The molecule has 0 radical (unpaired) electrons. The highest BCUT2D eigenvalue weighted by Gasteiger charge is 2.17. The number of fused-ring (bicyclic) bond motifs is 1. The van der Waals surface area contributed by atoms with Crippen molar-refractivity contribution in [2.24, 2.45) is 0 Å². The van der Waals surface area contributed by atoms with E-state index in [2.05, 4.69) is 38.1 Å². The highest BCUT2D eigenvalue weighted by Crippen LogP contribution is 2.31. The normalized spacial score (nSPS) is 15.2. The molecule has 0 unspecified atom stereocenters. The Labute approximate surface area is 148 Å². The van der Waals surface area contributed by atoms with Gasteiger partial charge in [-0.05, 0) is 43.2 Å². The number of pyridine rings is 1. The second-order valence-electron chi connectivity index (χ2n) is 6.32. The molecule has 2 aromatic heterocycles. The van der Waals surface area contributed by atoms with E-state index in [0.29, 0.717) is 6.04 Å². The number of rotatable bonds is 4. The molecule has 3 aromatic rings. The van der Waals surface area contributed by atoms with E-state index >= 15 is 0 Å². The predicted octanol–water partition coefficient (Wildman–Crippen LogP) is 1.55. The fourth-order valence-corrected chi connectivity index (χ4v) is 3.49. The van der Waals surface area contributed by atoms with Gasteiger partial charge in [-0.1, -0.05) is 25.3 Å². The molecule has 0 spiro atoms. The third-order valence-electron chi connectivity index (χ3n) is 4.74. The molecule has 1 N–H and O–H groups in total. The molecule has 2 heterocycles. The Hall–Kier alpha value is -2.07. The van der Waals surface area contributed by atoms with Gasteiger partial charge in [-0.2, -0.15) is 0 Å². The summed E-state index contributed by atoms with van der Waals surface area (Å²) in [5, 5.41) is 3.43. The molecule has 126 valence electrons. The SMILES string of the molecule is [Cl-].c1ccc(CNc2ccc3c(c2)ncn3C2CCCCC2)nc1. The Morgan fingerprint density at radius 3 is 2.71 bits per heavy atom. The molecule has 0 aliphatic heterocycles. The lowest BCUT2D eigenvalue weighted by Crippen LogP contribution is -3.00. The molecule has 0 amide bonds. The fourth-order valence-electron chi connectivity index (χ4n) is 3.49. The number of nitrogens with zero attached hydrogens (tertiary/aromatic N) is 3. The largest absolute Gasteiger partial charge is 1.00 e. The van der Waals surface area contributed by atoms with Crippen molar-refractivity contribution in [3.8, 4) is 0 Å². The van der Waals surface area contributed by atoms with E-state index in [-0.39, 0.29) is 12.4 Å². The van der Waals surface area contributed by atoms with Gasteiger partial charge in [0.2, 0.25) is 0 Å². The van der Waals surface area contributed by atoms with Crippen LogP contribution in [-0.2, 0) is 6.54 Å². The van der Waals surface area contributed by atoms with Crippen LogP contribution in [0, 0.1) is 0 Å². The van der Waals surface area contributed by atoms with Crippen LogP contribution in [0.3, 0.4) is 0 Å². The van der Waals surface area contributed by atoms with Crippen molar-refractivity contribution in [1.29, 1.82) is 0 Å². The minimum absolute atomic E-state index is 0.